The van der Waals surface area contributed by atoms with Gasteiger partial charge < -0.3 is 10.2 Å². The lowest BCUT2D eigenvalue weighted by Gasteiger charge is -2.37. The van der Waals surface area contributed by atoms with Crippen molar-refractivity contribution >= 4 is 44.4 Å². The number of hydrogen-bond acceptors (Lipinski definition) is 2. The van der Waals surface area contributed by atoms with E-state index in [1.807, 2.05) is 23.1 Å². The number of nitrogens with one attached hydrogen (secondary N) is 1. The third kappa shape index (κ3) is 3.05. The molecule has 1 N–H and O–H groups in total. The quantitative estimate of drug-likeness (QED) is 0.706. The average molecular weight is 423 g/mol. The second-order valence-electron chi connectivity index (χ2n) is 4.74. The summed E-state index contributed by atoms with van der Waals surface area (Å²) in [6.07, 6.45) is 0. The van der Waals surface area contributed by atoms with Crippen LogP contribution >= 0.6 is 38.5 Å². The van der Waals surface area contributed by atoms with Crippen molar-refractivity contribution < 1.29 is 4.79 Å². The zero-order valence-corrected chi connectivity index (χ0v) is 14.2. The van der Waals surface area contributed by atoms with E-state index in [4.69, 9.17) is 0 Å². The maximum absolute atomic E-state index is 12.6. The van der Waals surface area contributed by atoms with Crippen LogP contribution in [-0.4, -0.2) is 36.0 Å². The zero-order chi connectivity index (χ0) is 13.3. The summed E-state index contributed by atoms with van der Waals surface area (Å²) in [5.74, 6) is 0.112. The molecule has 1 amide bonds. The molecule has 0 aromatic heterocycles. The molecule has 1 heterocycles. The minimum absolute atomic E-state index is 0.112. The Morgan fingerprint density at radius 2 is 2.22 bits per heavy atom. The van der Waals surface area contributed by atoms with Crippen LogP contribution in [0.4, 0.5) is 0 Å². The molecule has 0 radical (unpaired) electrons. The Balaban J connectivity index is 2.27. The van der Waals surface area contributed by atoms with Crippen LogP contribution in [0.2, 0.25) is 0 Å². The summed E-state index contributed by atoms with van der Waals surface area (Å²) in [4.78, 5) is 14.5. The van der Waals surface area contributed by atoms with Crippen molar-refractivity contribution in [1.29, 1.82) is 0 Å². The van der Waals surface area contributed by atoms with E-state index >= 15 is 0 Å². The van der Waals surface area contributed by atoms with Crippen molar-refractivity contribution in [2.45, 2.75) is 25.9 Å². The summed E-state index contributed by atoms with van der Waals surface area (Å²) in [5, 5.41) is 3.39. The summed E-state index contributed by atoms with van der Waals surface area (Å²) >= 11 is 5.70. The van der Waals surface area contributed by atoms with Gasteiger partial charge in [-0.1, -0.05) is 0 Å². The highest BCUT2D eigenvalue weighted by atomic mass is 127. The van der Waals surface area contributed by atoms with Gasteiger partial charge in [0.15, 0.2) is 0 Å². The van der Waals surface area contributed by atoms with E-state index in [1.165, 1.54) is 0 Å². The predicted molar refractivity (Wildman–Crippen MR) is 84.8 cm³/mol. The molecule has 0 spiro atoms. The van der Waals surface area contributed by atoms with Gasteiger partial charge in [0.2, 0.25) is 0 Å². The van der Waals surface area contributed by atoms with Gasteiger partial charge in [-0.2, -0.15) is 0 Å². The van der Waals surface area contributed by atoms with Crippen molar-refractivity contribution in [2.24, 2.45) is 0 Å². The second kappa shape index (κ2) is 5.88. The Bertz CT molecular complexity index is 466. The summed E-state index contributed by atoms with van der Waals surface area (Å²) in [7, 11) is 0. The van der Waals surface area contributed by atoms with Crippen molar-refractivity contribution in [1.82, 2.24) is 10.2 Å². The van der Waals surface area contributed by atoms with Crippen LogP contribution < -0.4 is 5.32 Å². The van der Waals surface area contributed by atoms with Crippen molar-refractivity contribution in [3.63, 3.8) is 0 Å². The van der Waals surface area contributed by atoms with Gasteiger partial charge in [-0.05, 0) is 70.6 Å². The summed E-state index contributed by atoms with van der Waals surface area (Å²) in [5.41, 5.74) is 0.753. The first-order valence-corrected chi connectivity index (χ1v) is 7.85. The smallest absolute Gasteiger partial charge is 0.255 e. The molecule has 2 unspecified atom stereocenters. The van der Waals surface area contributed by atoms with E-state index < -0.39 is 0 Å². The minimum atomic E-state index is 0.112. The van der Waals surface area contributed by atoms with Crippen LogP contribution in [0.1, 0.15) is 24.2 Å². The number of amides is 1. The van der Waals surface area contributed by atoms with Gasteiger partial charge in [0, 0.05) is 33.2 Å². The number of carbonyl (C=O) groups excluding carboxylic acids is 1. The Hall–Kier alpha value is -0.140. The third-order valence-electron chi connectivity index (χ3n) is 3.18. The standard InChI is InChI=1S/C13H16BrIN2O/c1-8-7-17(9(2)6-16-8)13(18)11-5-10(15)3-4-12(11)14/h3-5,8-9,16H,6-7H2,1-2H3. The lowest BCUT2D eigenvalue weighted by molar-refractivity contribution is 0.0615. The SMILES string of the molecule is CC1CN(C(=O)c2cc(I)ccc2Br)C(C)CN1. The number of rotatable bonds is 1. The van der Waals surface area contributed by atoms with E-state index in [1.54, 1.807) is 0 Å². The molecular formula is C13H16BrIN2O. The summed E-state index contributed by atoms with van der Waals surface area (Å²) in [6, 6.07) is 6.45. The van der Waals surface area contributed by atoms with Crippen LogP contribution in [0.5, 0.6) is 0 Å². The second-order valence-corrected chi connectivity index (χ2v) is 6.84. The fourth-order valence-corrected chi connectivity index (χ4v) is 3.03. The molecule has 1 aromatic rings. The van der Waals surface area contributed by atoms with Gasteiger partial charge in [-0.3, -0.25) is 4.79 Å². The number of piperazine rings is 1. The summed E-state index contributed by atoms with van der Waals surface area (Å²) < 4.78 is 1.95. The number of benzene rings is 1. The molecule has 1 aliphatic rings. The molecule has 1 aromatic carbocycles. The fourth-order valence-electron chi connectivity index (χ4n) is 2.12. The van der Waals surface area contributed by atoms with Crippen LogP contribution in [0, 0.1) is 3.57 Å². The maximum Gasteiger partial charge on any atom is 0.255 e. The Morgan fingerprint density at radius 1 is 1.50 bits per heavy atom. The highest BCUT2D eigenvalue weighted by Crippen LogP contribution is 2.22. The van der Waals surface area contributed by atoms with E-state index in [-0.39, 0.29) is 11.9 Å². The van der Waals surface area contributed by atoms with Crippen molar-refractivity contribution in [3.8, 4) is 0 Å². The van der Waals surface area contributed by atoms with Crippen LogP contribution in [0.15, 0.2) is 22.7 Å². The Morgan fingerprint density at radius 3 is 2.94 bits per heavy atom. The van der Waals surface area contributed by atoms with Gasteiger partial charge in [0.1, 0.15) is 0 Å². The topological polar surface area (TPSA) is 32.3 Å². The fraction of sp³-hybridized carbons (Fsp3) is 0.462. The first-order valence-electron chi connectivity index (χ1n) is 5.98. The van der Waals surface area contributed by atoms with Crippen LogP contribution in [0.25, 0.3) is 0 Å². The highest BCUT2D eigenvalue weighted by Gasteiger charge is 2.28. The monoisotopic (exact) mass is 422 g/mol. The average Bonchev–Trinajstić information content (AvgIpc) is 2.34. The first kappa shape index (κ1) is 14.3. The van der Waals surface area contributed by atoms with Gasteiger partial charge in [-0.25, -0.2) is 0 Å². The molecule has 18 heavy (non-hydrogen) atoms. The molecule has 2 rings (SSSR count). The van der Waals surface area contributed by atoms with Gasteiger partial charge >= 0.3 is 0 Å². The summed E-state index contributed by atoms with van der Waals surface area (Å²) in [6.45, 7) is 5.81. The van der Waals surface area contributed by atoms with Crippen molar-refractivity contribution in [2.75, 3.05) is 13.1 Å². The molecular weight excluding hydrogens is 407 g/mol. The van der Waals surface area contributed by atoms with E-state index in [0.717, 1.165) is 26.7 Å². The molecule has 2 atom stereocenters. The number of hydrogen-bond donors (Lipinski definition) is 1. The van der Waals surface area contributed by atoms with Crippen molar-refractivity contribution in [3.05, 3.63) is 31.8 Å². The largest absolute Gasteiger partial charge is 0.333 e. The molecule has 1 aliphatic heterocycles. The van der Waals surface area contributed by atoms with Gasteiger partial charge in [0.05, 0.1) is 5.56 Å². The lowest BCUT2D eigenvalue weighted by atomic mass is 10.1. The molecule has 1 fully saturated rings. The molecule has 0 aliphatic carbocycles. The first-order chi connectivity index (χ1) is 8.49. The maximum atomic E-state index is 12.6. The molecule has 98 valence electrons. The van der Waals surface area contributed by atoms with E-state index in [9.17, 15) is 4.79 Å². The minimum Gasteiger partial charge on any atom is -0.333 e. The van der Waals surface area contributed by atoms with Gasteiger partial charge in [-0.15, -0.1) is 0 Å². The number of halogens is 2. The van der Waals surface area contributed by atoms with Crippen LogP contribution in [0.3, 0.4) is 0 Å². The molecule has 1 saturated heterocycles. The third-order valence-corrected chi connectivity index (χ3v) is 4.55. The van der Waals surface area contributed by atoms with E-state index in [2.05, 4.69) is 57.7 Å². The Labute approximate surface area is 130 Å². The number of carbonyl (C=O) groups is 1. The number of nitrogens with zero attached hydrogens (tertiary/aromatic N) is 1. The van der Waals surface area contributed by atoms with E-state index in [0.29, 0.717) is 6.04 Å². The molecule has 3 nitrogen and oxygen atoms in total. The van der Waals surface area contributed by atoms with Gasteiger partial charge in [0.25, 0.3) is 5.91 Å². The molecule has 0 saturated carbocycles. The lowest BCUT2D eigenvalue weighted by Crippen LogP contribution is -2.56. The molecule has 5 heteroatoms. The zero-order valence-electron chi connectivity index (χ0n) is 10.4. The predicted octanol–water partition coefficient (Wildman–Crippen LogP) is 2.88. The Kier molecular flexibility index (Phi) is 4.66. The highest BCUT2D eigenvalue weighted by molar-refractivity contribution is 14.1. The normalized spacial score (nSPS) is 24.1. The van der Waals surface area contributed by atoms with Crippen LogP contribution in [-0.2, 0) is 0 Å². The molecule has 0 bridgehead atoms.